The van der Waals surface area contributed by atoms with Crippen LogP contribution in [0.4, 0.5) is 0 Å². The fourth-order valence-electron chi connectivity index (χ4n) is 3.56. The van der Waals surface area contributed by atoms with Gasteiger partial charge < -0.3 is 24.7 Å². The van der Waals surface area contributed by atoms with Crippen molar-refractivity contribution in [3.63, 3.8) is 0 Å². The van der Waals surface area contributed by atoms with E-state index in [1.807, 2.05) is 43.4 Å². The Kier molecular flexibility index (Phi) is 8.11. The number of nitrogens with one attached hydrogen (secondary N) is 2. The van der Waals surface area contributed by atoms with Crippen LogP contribution in [0.3, 0.4) is 0 Å². The number of rotatable bonds is 12. The van der Waals surface area contributed by atoms with Crippen molar-refractivity contribution in [3.05, 3.63) is 46.6 Å². The van der Waals surface area contributed by atoms with Crippen LogP contribution in [0.15, 0.2) is 41.2 Å². The molecule has 0 atom stereocenters. The highest BCUT2D eigenvalue weighted by atomic mass is 16.5. The van der Waals surface area contributed by atoms with E-state index < -0.39 is 0 Å². The largest absolute Gasteiger partial charge is 0.494 e. The van der Waals surface area contributed by atoms with Crippen LogP contribution in [0, 0.1) is 0 Å². The molecule has 2 N–H and O–H groups in total. The van der Waals surface area contributed by atoms with Gasteiger partial charge in [0.05, 0.1) is 24.2 Å². The van der Waals surface area contributed by atoms with E-state index in [0.29, 0.717) is 24.0 Å². The fraction of sp³-hybridized carbons (Fsp3) is 0.458. The van der Waals surface area contributed by atoms with Crippen molar-refractivity contribution in [2.45, 2.75) is 26.7 Å². The molecule has 0 radical (unpaired) electrons. The van der Waals surface area contributed by atoms with Crippen LogP contribution in [0.25, 0.3) is 21.8 Å². The number of fused-ring (bicyclic) bond motifs is 2. The number of aryl methyl sites for hydroxylation is 1. The van der Waals surface area contributed by atoms with Gasteiger partial charge in [0.1, 0.15) is 11.5 Å². The normalized spacial score (nSPS) is 11.3. The molecule has 0 unspecified atom stereocenters. The lowest BCUT2D eigenvalue weighted by molar-refractivity contribution is 0.309. The Morgan fingerprint density at radius 3 is 1.70 bits per heavy atom. The highest BCUT2D eigenvalue weighted by Gasteiger charge is 2.11. The van der Waals surface area contributed by atoms with E-state index in [1.165, 1.54) is 0 Å². The summed E-state index contributed by atoms with van der Waals surface area (Å²) in [5, 5.41) is 7.89. The van der Waals surface area contributed by atoms with Crippen molar-refractivity contribution in [2.75, 3.05) is 39.4 Å². The first-order valence-corrected chi connectivity index (χ1v) is 10.9. The predicted octanol–water partition coefficient (Wildman–Crippen LogP) is 3.45. The van der Waals surface area contributed by atoms with Crippen LogP contribution in [-0.2, 0) is 7.05 Å². The molecule has 0 aliphatic carbocycles. The van der Waals surface area contributed by atoms with E-state index in [9.17, 15) is 4.79 Å². The Bertz CT molecular complexity index is 952. The lowest BCUT2D eigenvalue weighted by Crippen LogP contribution is -2.16. The number of benzene rings is 2. The van der Waals surface area contributed by atoms with Crippen molar-refractivity contribution in [2.24, 2.45) is 7.05 Å². The van der Waals surface area contributed by atoms with Crippen LogP contribution >= 0.6 is 0 Å². The molecule has 3 rings (SSSR count). The zero-order chi connectivity index (χ0) is 21.3. The SMILES string of the molecule is CCNCCCOc1ccc2c(c1)c(=O)c1cc(OCCCNCC)ccc1n2C. The third-order valence-corrected chi connectivity index (χ3v) is 5.18. The lowest BCUT2D eigenvalue weighted by atomic mass is 10.1. The van der Waals surface area contributed by atoms with Crippen molar-refractivity contribution < 1.29 is 9.47 Å². The van der Waals surface area contributed by atoms with Gasteiger partial charge in [0.15, 0.2) is 5.43 Å². The maximum Gasteiger partial charge on any atom is 0.197 e. The van der Waals surface area contributed by atoms with E-state index in [-0.39, 0.29) is 5.43 Å². The van der Waals surface area contributed by atoms with Crippen LogP contribution in [0.1, 0.15) is 26.7 Å². The summed E-state index contributed by atoms with van der Waals surface area (Å²) >= 11 is 0. The third-order valence-electron chi connectivity index (χ3n) is 5.18. The molecule has 0 fully saturated rings. The van der Waals surface area contributed by atoms with Crippen LogP contribution < -0.4 is 25.5 Å². The third kappa shape index (κ3) is 5.32. The van der Waals surface area contributed by atoms with Crippen molar-refractivity contribution in [3.8, 4) is 11.5 Å². The quantitative estimate of drug-likeness (QED) is 0.353. The van der Waals surface area contributed by atoms with Gasteiger partial charge in [-0.3, -0.25) is 4.79 Å². The Hall–Kier alpha value is -2.57. The molecule has 0 amide bonds. The van der Waals surface area contributed by atoms with Crippen molar-refractivity contribution >= 4 is 21.8 Å². The summed E-state index contributed by atoms with van der Waals surface area (Å²) in [5.41, 5.74) is 1.80. The Morgan fingerprint density at radius 1 is 0.800 bits per heavy atom. The van der Waals surface area contributed by atoms with Crippen molar-refractivity contribution in [1.29, 1.82) is 0 Å². The van der Waals surface area contributed by atoms with Gasteiger partial charge in [-0.25, -0.2) is 0 Å². The first kappa shape index (κ1) is 22.1. The standard InChI is InChI=1S/C24H33N3O3/c1-4-25-12-6-14-29-18-8-10-22-20(16-18)24(28)21-17-19(9-11-23(21)27(22)3)30-15-7-13-26-5-2/h8-11,16-17,25-26H,4-7,12-15H2,1-3H3. The number of hydrogen-bond acceptors (Lipinski definition) is 5. The molecule has 0 saturated carbocycles. The summed E-state index contributed by atoms with van der Waals surface area (Å²) in [6, 6.07) is 11.5. The average molecular weight is 412 g/mol. The van der Waals surface area contributed by atoms with E-state index in [1.54, 1.807) is 0 Å². The zero-order valence-corrected chi connectivity index (χ0v) is 18.3. The minimum atomic E-state index is 0.00861. The van der Waals surface area contributed by atoms with E-state index in [0.717, 1.165) is 61.6 Å². The van der Waals surface area contributed by atoms with E-state index in [2.05, 4.69) is 29.0 Å². The fourth-order valence-corrected chi connectivity index (χ4v) is 3.56. The van der Waals surface area contributed by atoms with Gasteiger partial charge >= 0.3 is 0 Å². The van der Waals surface area contributed by atoms with Crippen molar-refractivity contribution in [1.82, 2.24) is 15.2 Å². The number of aromatic nitrogens is 1. The van der Waals surface area contributed by atoms with E-state index >= 15 is 0 Å². The molecular formula is C24H33N3O3. The minimum absolute atomic E-state index is 0.00861. The molecule has 162 valence electrons. The monoisotopic (exact) mass is 411 g/mol. The lowest BCUT2D eigenvalue weighted by Gasteiger charge is -2.13. The summed E-state index contributed by atoms with van der Waals surface area (Å²) in [4.78, 5) is 13.2. The van der Waals surface area contributed by atoms with Gasteiger partial charge in [-0.15, -0.1) is 0 Å². The van der Waals surface area contributed by atoms with Gasteiger partial charge in [-0.1, -0.05) is 13.8 Å². The van der Waals surface area contributed by atoms with Gasteiger partial charge in [0.25, 0.3) is 0 Å². The number of hydrogen-bond donors (Lipinski definition) is 2. The Balaban J connectivity index is 1.82. The highest BCUT2D eigenvalue weighted by Crippen LogP contribution is 2.25. The Morgan fingerprint density at radius 2 is 1.27 bits per heavy atom. The summed E-state index contributed by atoms with van der Waals surface area (Å²) < 4.78 is 13.8. The molecule has 2 aromatic carbocycles. The molecule has 30 heavy (non-hydrogen) atoms. The smallest absolute Gasteiger partial charge is 0.197 e. The molecule has 6 nitrogen and oxygen atoms in total. The topological polar surface area (TPSA) is 64.5 Å². The first-order chi connectivity index (χ1) is 14.7. The molecule has 0 aliphatic heterocycles. The predicted molar refractivity (Wildman–Crippen MR) is 124 cm³/mol. The maximum absolute atomic E-state index is 13.2. The maximum atomic E-state index is 13.2. The first-order valence-electron chi connectivity index (χ1n) is 10.9. The van der Waals surface area contributed by atoms with Crippen LogP contribution in [0.5, 0.6) is 11.5 Å². The molecule has 1 heterocycles. The Labute approximate surface area is 178 Å². The summed E-state index contributed by atoms with van der Waals surface area (Å²) in [7, 11) is 1.98. The average Bonchev–Trinajstić information content (AvgIpc) is 2.77. The number of ether oxygens (including phenoxy) is 2. The molecular weight excluding hydrogens is 378 g/mol. The molecule has 0 spiro atoms. The summed E-state index contributed by atoms with van der Waals surface area (Å²) in [6.07, 6.45) is 1.85. The number of pyridine rings is 1. The minimum Gasteiger partial charge on any atom is -0.494 e. The molecule has 6 heteroatoms. The number of nitrogens with zero attached hydrogens (tertiary/aromatic N) is 1. The molecule has 0 aliphatic rings. The summed E-state index contributed by atoms with van der Waals surface area (Å²) in [5.74, 6) is 1.46. The van der Waals surface area contributed by atoms with Gasteiger partial charge in [-0.05, 0) is 75.4 Å². The van der Waals surface area contributed by atoms with E-state index in [4.69, 9.17) is 9.47 Å². The van der Waals surface area contributed by atoms with Gasteiger partial charge in [-0.2, -0.15) is 0 Å². The zero-order valence-electron chi connectivity index (χ0n) is 18.3. The molecule has 0 bridgehead atoms. The molecule has 1 aromatic heterocycles. The van der Waals surface area contributed by atoms with Gasteiger partial charge in [0.2, 0.25) is 0 Å². The van der Waals surface area contributed by atoms with Crippen LogP contribution in [-0.4, -0.2) is 44.0 Å². The second kappa shape index (κ2) is 11.0. The van der Waals surface area contributed by atoms with Crippen LogP contribution in [0.2, 0.25) is 0 Å². The molecule has 3 aromatic rings. The second-order valence-corrected chi connectivity index (χ2v) is 7.36. The molecule has 0 saturated heterocycles. The second-order valence-electron chi connectivity index (χ2n) is 7.36. The van der Waals surface area contributed by atoms with Gasteiger partial charge in [0, 0.05) is 17.8 Å². The summed E-state index contributed by atoms with van der Waals surface area (Å²) in [6.45, 7) is 9.19. The highest BCUT2D eigenvalue weighted by molar-refractivity contribution is 5.94.